The monoisotopic (exact) mass is 331 g/mol. The minimum atomic E-state index is -0.525. The van der Waals surface area contributed by atoms with E-state index in [4.69, 9.17) is 9.47 Å². The third-order valence-electron chi connectivity index (χ3n) is 4.67. The maximum Gasteiger partial charge on any atom is 0.410 e. The molecule has 0 spiro atoms. The summed E-state index contributed by atoms with van der Waals surface area (Å²) in [7, 11) is 0. The van der Waals surface area contributed by atoms with E-state index in [0.29, 0.717) is 6.42 Å². The van der Waals surface area contributed by atoms with Crippen molar-refractivity contribution in [2.24, 2.45) is 5.92 Å². The fourth-order valence-electron chi connectivity index (χ4n) is 3.68. The number of carbonyl (C=O) groups excluding carboxylic acids is 2. The van der Waals surface area contributed by atoms with Gasteiger partial charge in [-0.05, 0) is 45.6 Å². The molecule has 5 nitrogen and oxygen atoms in total. The summed E-state index contributed by atoms with van der Waals surface area (Å²) in [6.07, 6.45) is 2.15. The molecule has 2 heterocycles. The predicted octanol–water partition coefficient (Wildman–Crippen LogP) is 3.52. The van der Waals surface area contributed by atoms with E-state index in [2.05, 4.69) is 0 Å². The first-order valence-electron chi connectivity index (χ1n) is 8.57. The molecule has 0 saturated carbocycles. The van der Waals surface area contributed by atoms with E-state index < -0.39 is 5.60 Å². The van der Waals surface area contributed by atoms with E-state index in [1.54, 1.807) is 4.90 Å². The van der Waals surface area contributed by atoms with Gasteiger partial charge in [0.15, 0.2) is 0 Å². The van der Waals surface area contributed by atoms with Crippen LogP contribution in [0.3, 0.4) is 0 Å². The summed E-state index contributed by atoms with van der Waals surface area (Å²) >= 11 is 0. The first-order valence-corrected chi connectivity index (χ1v) is 8.57. The summed E-state index contributed by atoms with van der Waals surface area (Å²) in [6.45, 7) is 5.84. The molecule has 1 aromatic rings. The highest BCUT2D eigenvalue weighted by atomic mass is 16.6. The quantitative estimate of drug-likeness (QED) is 0.795. The summed E-state index contributed by atoms with van der Waals surface area (Å²) < 4.78 is 11.0. The van der Waals surface area contributed by atoms with E-state index in [1.165, 1.54) is 0 Å². The van der Waals surface area contributed by atoms with Gasteiger partial charge in [-0.1, -0.05) is 30.3 Å². The van der Waals surface area contributed by atoms with Gasteiger partial charge in [-0.2, -0.15) is 0 Å². The Balaban J connectivity index is 1.60. The van der Waals surface area contributed by atoms with Gasteiger partial charge in [0.2, 0.25) is 0 Å². The number of hydrogen-bond donors (Lipinski definition) is 0. The normalized spacial score (nSPS) is 25.6. The molecule has 2 fully saturated rings. The van der Waals surface area contributed by atoms with Crippen molar-refractivity contribution < 1.29 is 19.1 Å². The Hall–Kier alpha value is -2.04. The van der Waals surface area contributed by atoms with Crippen LogP contribution >= 0.6 is 0 Å². The number of esters is 1. The van der Waals surface area contributed by atoms with Crippen LogP contribution in [0, 0.1) is 5.92 Å². The van der Waals surface area contributed by atoms with Gasteiger partial charge >= 0.3 is 12.1 Å². The zero-order chi connectivity index (χ0) is 17.3. The highest BCUT2D eigenvalue weighted by molar-refractivity contribution is 5.77. The molecule has 1 aromatic carbocycles. The van der Waals surface area contributed by atoms with Crippen LogP contribution in [-0.2, 0) is 20.9 Å². The largest absolute Gasteiger partial charge is 0.461 e. The predicted molar refractivity (Wildman–Crippen MR) is 89.2 cm³/mol. The van der Waals surface area contributed by atoms with Crippen molar-refractivity contribution in [1.82, 2.24) is 4.90 Å². The second-order valence-corrected chi connectivity index (χ2v) is 7.62. The van der Waals surface area contributed by atoms with Crippen LogP contribution in [0.5, 0.6) is 0 Å². The summed E-state index contributed by atoms with van der Waals surface area (Å²) in [5.74, 6) is -0.445. The molecule has 0 N–H and O–H groups in total. The number of hydrogen-bond acceptors (Lipinski definition) is 4. The minimum absolute atomic E-state index is 0.0897. The molecular formula is C19H25NO4. The lowest BCUT2D eigenvalue weighted by atomic mass is 9.89. The van der Waals surface area contributed by atoms with Gasteiger partial charge in [-0.25, -0.2) is 4.79 Å². The van der Waals surface area contributed by atoms with Crippen molar-refractivity contribution in [2.45, 2.75) is 64.3 Å². The van der Waals surface area contributed by atoms with Crippen LogP contribution in [0.2, 0.25) is 0 Å². The molecule has 2 aliphatic rings. The number of benzene rings is 1. The van der Waals surface area contributed by atoms with Crippen molar-refractivity contribution >= 4 is 12.1 Å². The van der Waals surface area contributed by atoms with Crippen LogP contribution < -0.4 is 0 Å². The van der Waals surface area contributed by atoms with Crippen LogP contribution in [0.4, 0.5) is 4.79 Å². The van der Waals surface area contributed by atoms with Crippen molar-refractivity contribution in [3.05, 3.63) is 35.9 Å². The second kappa shape index (κ2) is 6.46. The summed E-state index contributed by atoms with van der Waals surface area (Å²) in [5, 5.41) is 0. The molecule has 24 heavy (non-hydrogen) atoms. The van der Waals surface area contributed by atoms with Crippen molar-refractivity contribution in [3.8, 4) is 0 Å². The van der Waals surface area contributed by atoms with E-state index in [9.17, 15) is 9.59 Å². The van der Waals surface area contributed by atoms with Crippen LogP contribution in [0.15, 0.2) is 30.3 Å². The number of rotatable bonds is 3. The average molecular weight is 331 g/mol. The average Bonchev–Trinajstić information content (AvgIpc) is 3.10. The van der Waals surface area contributed by atoms with Crippen molar-refractivity contribution in [1.29, 1.82) is 0 Å². The van der Waals surface area contributed by atoms with Crippen LogP contribution in [0.25, 0.3) is 0 Å². The molecule has 0 aromatic heterocycles. The summed E-state index contributed by atoms with van der Waals surface area (Å²) in [6, 6.07) is 9.64. The van der Waals surface area contributed by atoms with Gasteiger partial charge in [-0.3, -0.25) is 4.79 Å². The first kappa shape index (κ1) is 16.8. The molecule has 2 saturated heterocycles. The molecule has 3 atom stereocenters. The van der Waals surface area contributed by atoms with Crippen molar-refractivity contribution in [3.63, 3.8) is 0 Å². The van der Waals surface area contributed by atoms with Gasteiger partial charge in [-0.15, -0.1) is 0 Å². The molecule has 0 aliphatic carbocycles. The molecule has 2 bridgehead atoms. The number of fused-ring (bicyclic) bond motifs is 2. The fraction of sp³-hybridized carbons (Fsp3) is 0.579. The molecule has 130 valence electrons. The number of ether oxygens (including phenoxy) is 2. The number of nitrogens with zero attached hydrogens (tertiary/aromatic N) is 1. The topological polar surface area (TPSA) is 55.8 Å². The highest BCUT2D eigenvalue weighted by Gasteiger charge is 2.52. The molecular weight excluding hydrogens is 306 g/mol. The molecule has 2 aliphatic heterocycles. The minimum Gasteiger partial charge on any atom is -0.461 e. The SMILES string of the molecule is CC(C)(C)OC(=O)N1[C@H]2CC[C@H]1[C@@H](C(=O)OCc1ccccc1)C2. The smallest absolute Gasteiger partial charge is 0.410 e. The molecule has 5 heteroatoms. The molecule has 0 unspecified atom stereocenters. The lowest BCUT2D eigenvalue weighted by molar-refractivity contribution is -0.150. The Morgan fingerprint density at radius 1 is 1.17 bits per heavy atom. The Morgan fingerprint density at radius 3 is 2.54 bits per heavy atom. The highest BCUT2D eigenvalue weighted by Crippen LogP contribution is 2.43. The van der Waals surface area contributed by atoms with E-state index >= 15 is 0 Å². The Labute approximate surface area is 142 Å². The lowest BCUT2D eigenvalue weighted by Gasteiger charge is -2.28. The maximum atomic E-state index is 12.5. The zero-order valence-corrected chi connectivity index (χ0v) is 14.5. The van der Waals surface area contributed by atoms with Gasteiger partial charge in [0.05, 0.1) is 5.92 Å². The second-order valence-electron chi connectivity index (χ2n) is 7.62. The van der Waals surface area contributed by atoms with Crippen LogP contribution in [0.1, 0.15) is 45.6 Å². The van der Waals surface area contributed by atoms with E-state index in [1.807, 2.05) is 51.1 Å². The van der Waals surface area contributed by atoms with Crippen LogP contribution in [-0.4, -0.2) is 34.6 Å². The standard InChI is InChI=1S/C19H25NO4/c1-19(2,3)24-18(22)20-14-9-10-16(20)15(11-14)17(21)23-12-13-7-5-4-6-8-13/h4-8,14-16H,9-12H2,1-3H3/t14-,15-,16-/m0/s1. The third-order valence-corrected chi connectivity index (χ3v) is 4.67. The Kier molecular flexibility index (Phi) is 4.52. The maximum absolute atomic E-state index is 12.5. The fourth-order valence-corrected chi connectivity index (χ4v) is 3.68. The third kappa shape index (κ3) is 3.55. The summed E-state index contributed by atoms with van der Waals surface area (Å²) in [4.78, 5) is 26.6. The molecule has 3 rings (SSSR count). The Bertz CT molecular complexity index is 608. The zero-order valence-electron chi connectivity index (χ0n) is 14.5. The summed E-state index contributed by atoms with van der Waals surface area (Å²) in [5.41, 5.74) is 0.445. The Morgan fingerprint density at radius 2 is 1.88 bits per heavy atom. The lowest BCUT2D eigenvalue weighted by Crippen LogP contribution is -2.41. The molecule has 0 radical (unpaired) electrons. The van der Waals surface area contributed by atoms with Gasteiger partial charge in [0, 0.05) is 12.1 Å². The van der Waals surface area contributed by atoms with E-state index in [0.717, 1.165) is 18.4 Å². The number of carbonyl (C=O) groups is 2. The molecule has 1 amide bonds. The van der Waals surface area contributed by atoms with E-state index in [-0.39, 0.29) is 36.7 Å². The van der Waals surface area contributed by atoms with Gasteiger partial charge < -0.3 is 14.4 Å². The van der Waals surface area contributed by atoms with Gasteiger partial charge in [0.1, 0.15) is 12.2 Å². The first-order chi connectivity index (χ1) is 11.3. The van der Waals surface area contributed by atoms with Crippen molar-refractivity contribution in [2.75, 3.05) is 0 Å². The number of amides is 1. The van der Waals surface area contributed by atoms with Gasteiger partial charge in [0.25, 0.3) is 0 Å².